The summed E-state index contributed by atoms with van der Waals surface area (Å²) in [6.07, 6.45) is 0. The number of imidazole rings is 1. The predicted octanol–water partition coefficient (Wildman–Crippen LogP) is 3.39. The highest BCUT2D eigenvalue weighted by molar-refractivity contribution is 6.31. The van der Waals surface area contributed by atoms with Crippen LogP contribution in [0, 0.1) is 11.7 Å². The Kier molecular flexibility index (Phi) is 5.32. The molecule has 5 rings (SSSR count). The van der Waals surface area contributed by atoms with Crippen molar-refractivity contribution in [3.8, 4) is 0 Å². The lowest BCUT2D eigenvalue weighted by Crippen LogP contribution is -2.41. The standard InChI is InChI=1S/C24H23ClFN5O2/c1-15-11-29(13-16-7-4-3-5-8-16)23-27-21-20(30(23)12-15)22(32)31(24(33)28(21)2)14-17-18(25)9-6-10-19(17)26/h3-10,15H,11-14H2,1-2H3/t15-/m0/s1. The van der Waals surface area contributed by atoms with Crippen LogP contribution in [0.2, 0.25) is 5.02 Å². The number of benzene rings is 2. The molecule has 3 heterocycles. The minimum Gasteiger partial charge on any atom is -0.338 e. The van der Waals surface area contributed by atoms with Gasteiger partial charge in [-0.2, -0.15) is 4.98 Å². The van der Waals surface area contributed by atoms with E-state index in [1.807, 2.05) is 34.9 Å². The summed E-state index contributed by atoms with van der Waals surface area (Å²) in [6.45, 7) is 3.89. The fourth-order valence-electron chi connectivity index (χ4n) is 4.52. The number of aromatic nitrogens is 4. The van der Waals surface area contributed by atoms with Gasteiger partial charge in [-0.3, -0.25) is 13.9 Å². The Hall–Kier alpha value is -3.39. The van der Waals surface area contributed by atoms with Crippen molar-refractivity contribution in [1.29, 1.82) is 0 Å². The molecule has 33 heavy (non-hydrogen) atoms. The zero-order valence-corrected chi connectivity index (χ0v) is 19.1. The number of aryl methyl sites for hydroxylation is 1. The number of anilines is 1. The number of halogens is 2. The van der Waals surface area contributed by atoms with E-state index in [2.05, 4.69) is 11.8 Å². The molecule has 0 radical (unpaired) electrons. The number of hydrogen-bond donors (Lipinski definition) is 0. The average molecular weight is 468 g/mol. The zero-order chi connectivity index (χ0) is 23.3. The van der Waals surface area contributed by atoms with E-state index < -0.39 is 17.1 Å². The van der Waals surface area contributed by atoms with Gasteiger partial charge in [0.05, 0.1) is 6.54 Å². The molecule has 0 saturated heterocycles. The van der Waals surface area contributed by atoms with E-state index in [-0.39, 0.29) is 23.0 Å². The molecule has 0 bridgehead atoms. The Bertz CT molecular complexity index is 1450. The number of fused-ring (bicyclic) bond motifs is 3. The Labute approximate surface area is 194 Å². The molecule has 0 fully saturated rings. The van der Waals surface area contributed by atoms with Gasteiger partial charge in [0.1, 0.15) is 5.82 Å². The van der Waals surface area contributed by atoms with Crippen LogP contribution in [-0.2, 0) is 26.7 Å². The highest BCUT2D eigenvalue weighted by atomic mass is 35.5. The molecule has 9 heteroatoms. The van der Waals surface area contributed by atoms with Crippen molar-refractivity contribution in [3.05, 3.63) is 91.3 Å². The smallest absolute Gasteiger partial charge is 0.332 e. The second-order valence-electron chi connectivity index (χ2n) is 8.60. The summed E-state index contributed by atoms with van der Waals surface area (Å²) in [5.74, 6) is 0.361. The van der Waals surface area contributed by atoms with Gasteiger partial charge in [-0.05, 0) is 23.6 Å². The first-order chi connectivity index (χ1) is 15.8. The van der Waals surface area contributed by atoms with Gasteiger partial charge in [0.2, 0.25) is 5.95 Å². The Morgan fingerprint density at radius 1 is 1.06 bits per heavy atom. The maximum Gasteiger partial charge on any atom is 0.332 e. The van der Waals surface area contributed by atoms with Crippen molar-refractivity contribution in [2.24, 2.45) is 13.0 Å². The summed E-state index contributed by atoms with van der Waals surface area (Å²) in [5, 5.41) is 0.169. The molecule has 1 aliphatic heterocycles. The van der Waals surface area contributed by atoms with E-state index in [1.54, 1.807) is 7.05 Å². The molecule has 0 spiro atoms. The van der Waals surface area contributed by atoms with Crippen LogP contribution in [0.3, 0.4) is 0 Å². The van der Waals surface area contributed by atoms with Gasteiger partial charge < -0.3 is 9.47 Å². The van der Waals surface area contributed by atoms with Crippen LogP contribution < -0.4 is 16.1 Å². The van der Waals surface area contributed by atoms with E-state index in [1.165, 1.54) is 22.8 Å². The van der Waals surface area contributed by atoms with Crippen LogP contribution in [0.4, 0.5) is 10.3 Å². The van der Waals surface area contributed by atoms with Gasteiger partial charge in [0.15, 0.2) is 11.2 Å². The summed E-state index contributed by atoms with van der Waals surface area (Å²) < 4.78 is 18.7. The lowest BCUT2D eigenvalue weighted by Gasteiger charge is -2.33. The summed E-state index contributed by atoms with van der Waals surface area (Å²) in [5.41, 5.74) is 0.831. The summed E-state index contributed by atoms with van der Waals surface area (Å²) in [4.78, 5) is 33.5. The van der Waals surface area contributed by atoms with E-state index in [4.69, 9.17) is 16.6 Å². The fourth-order valence-corrected chi connectivity index (χ4v) is 4.74. The maximum absolute atomic E-state index is 14.4. The molecule has 2 aromatic heterocycles. The van der Waals surface area contributed by atoms with Gasteiger partial charge >= 0.3 is 5.69 Å². The first-order valence-corrected chi connectivity index (χ1v) is 11.1. The normalized spacial score (nSPS) is 15.8. The first-order valence-electron chi connectivity index (χ1n) is 10.8. The molecule has 1 aliphatic rings. The topological polar surface area (TPSA) is 65.1 Å². The lowest BCUT2D eigenvalue weighted by atomic mass is 10.1. The predicted molar refractivity (Wildman–Crippen MR) is 126 cm³/mol. The average Bonchev–Trinajstić information content (AvgIpc) is 3.17. The van der Waals surface area contributed by atoms with E-state index in [0.717, 1.165) is 16.7 Å². The van der Waals surface area contributed by atoms with E-state index in [9.17, 15) is 14.0 Å². The number of nitrogens with zero attached hydrogens (tertiary/aromatic N) is 5. The third kappa shape index (κ3) is 3.64. The molecular weight excluding hydrogens is 445 g/mol. The number of rotatable bonds is 4. The molecule has 2 aromatic carbocycles. The van der Waals surface area contributed by atoms with Crippen LogP contribution in [0.15, 0.2) is 58.1 Å². The van der Waals surface area contributed by atoms with Crippen LogP contribution >= 0.6 is 11.6 Å². The van der Waals surface area contributed by atoms with Crippen LogP contribution in [0.1, 0.15) is 18.1 Å². The monoisotopic (exact) mass is 467 g/mol. The molecule has 170 valence electrons. The molecule has 0 N–H and O–H groups in total. The lowest BCUT2D eigenvalue weighted by molar-refractivity contribution is 0.435. The highest BCUT2D eigenvalue weighted by Gasteiger charge is 2.29. The van der Waals surface area contributed by atoms with Gasteiger partial charge in [0.25, 0.3) is 5.56 Å². The maximum atomic E-state index is 14.4. The summed E-state index contributed by atoms with van der Waals surface area (Å²) >= 11 is 6.16. The molecule has 4 aromatic rings. The largest absolute Gasteiger partial charge is 0.338 e. The molecule has 0 amide bonds. The quantitative estimate of drug-likeness (QED) is 0.461. The van der Waals surface area contributed by atoms with Crippen LogP contribution in [-0.4, -0.2) is 25.2 Å². The van der Waals surface area contributed by atoms with Crippen molar-refractivity contribution >= 4 is 28.7 Å². The zero-order valence-electron chi connectivity index (χ0n) is 18.3. The Balaban J connectivity index is 1.68. The minimum absolute atomic E-state index is 0.107. The van der Waals surface area contributed by atoms with Crippen LogP contribution in [0.25, 0.3) is 11.2 Å². The van der Waals surface area contributed by atoms with Crippen LogP contribution in [0.5, 0.6) is 0 Å². The molecule has 0 unspecified atom stereocenters. The minimum atomic E-state index is -0.565. The van der Waals surface area contributed by atoms with E-state index >= 15 is 0 Å². The van der Waals surface area contributed by atoms with Crippen molar-refractivity contribution in [2.75, 3.05) is 11.4 Å². The van der Waals surface area contributed by atoms with Gasteiger partial charge in [0, 0.05) is 37.3 Å². The third-order valence-electron chi connectivity index (χ3n) is 6.12. The first kappa shape index (κ1) is 21.5. The molecular formula is C24H23ClFN5O2. The Morgan fingerprint density at radius 2 is 1.82 bits per heavy atom. The number of hydrogen-bond acceptors (Lipinski definition) is 4. The second kappa shape index (κ2) is 8.19. The summed E-state index contributed by atoms with van der Waals surface area (Å²) in [6, 6.07) is 14.3. The fraction of sp³-hybridized carbons (Fsp3) is 0.292. The van der Waals surface area contributed by atoms with Crippen molar-refractivity contribution in [3.63, 3.8) is 0 Å². The summed E-state index contributed by atoms with van der Waals surface area (Å²) in [7, 11) is 1.58. The van der Waals surface area contributed by atoms with Gasteiger partial charge in [-0.25, -0.2) is 9.18 Å². The Morgan fingerprint density at radius 3 is 2.55 bits per heavy atom. The molecule has 7 nitrogen and oxygen atoms in total. The molecule has 0 saturated carbocycles. The van der Waals surface area contributed by atoms with Crippen molar-refractivity contribution in [1.82, 2.24) is 18.7 Å². The van der Waals surface area contributed by atoms with Gasteiger partial charge in [-0.15, -0.1) is 0 Å². The SMILES string of the molecule is C[C@H]1CN(Cc2ccccc2)c2nc3c(c(=O)n(Cc4c(F)cccc4Cl)c(=O)n3C)n2C1. The van der Waals surface area contributed by atoms with E-state index in [0.29, 0.717) is 30.2 Å². The molecule has 0 aliphatic carbocycles. The van der Waals surface area contributed by atoms with Gasteiger partial charge in [-0.1, -0.05) is 54.9 Å². The third-order valence-corrected chi connectivity index (χ3v) is 6.47. The van der Waals surface area contributed by atoms with Crippen molar-refractivity contribution in [2.45, 2.75) is 26.6 Å². The highest BCUT2D eigenvalue weighted by Crippen LogP contribution is 2.28. The molecule has 1 atom stereocenters. The second-order valence-corrected chi connectivity index (χ2v) is 9.01. The van der Waals surface area contributed by atoms with Crippen molar-refractivity contribution < 1.29 is 4.39 Å².